The van der Waals surface area contributed by atoms with Crippen molar-refractivity contribution in [3.63, 3.8) is 0 Å². The Morgan fingerprint density at radius 2 is 1.95 bits per heavy atom. The second-order valence-electron chi connectivity index (χ2n) is 4.39. The standard InChI is InChI=1S/C16H12N2O2/c17-15(19)9-7-11-6-8-14-13(10-11)16(20-18-14)12-4-2-1-3-5-12/h1-10H,(H2,17,19)/b9-7-. The number of fused-ring (bicyclic) bond motifs is 1. The zero-order chi connectivity index (χ0) is 13.9. The highest BCUT2D eigenvalue weighted by Crippen LogP contribution is 2.29. The van der Waals surface area contributed by atoms with Gasteiger partial charge in [-0.05, 0) is 23.8 Å². The van der Waals surface area contributed by atoms with Crippen LogP contribution in [0, 0.1) is 0 Å². The number of aromatic nitrogens is 1. The summed E-state index contributed by atoms with van der Waals surface area (Å²) in [7, 11) is 0. The topological polar surface area (TPSA) is 69.1 Å². The van der Waals surface area contributed by atoms with E-state index in [4.69, 9.17) is 10.3 Å². The molecule has 1 aromatic heterocycles. The number of carbonyl (C=O) groups excluding carboxylic acids is 1. The van der Waals surface area contributed by atoms with Gasteiger partial charge in [-0.25, -0.2) is 0 Å². The number of benzene rings is 2. The molecule has 2 N–H and O–H groups in total. The Morgan fingerprint density at radius 1 is 1.15 bits per heavy atom. The minimum Gasteiger partial charge on any atom is -0.366 e. The molecule has 0 aliphatic rings. The molecule has 3 aromatic rings. The number of primary amides is 1. The molecule has 0 saturated heterocycles. The van der Waals surface area contributed by atoms with Crippen LogP contribution in [-0.2, 0) is 4.79 Å². The maximum atomic E-state index is 10.8. The molecule has 4 nitrogen and oxygen atoms in total. The lowest BCUT2D eigenvalue weighted by Gasteiger charge is -1.97. The monoisotopic (exact) mass is 264 g/mol. The third kappa shape index (κ3) is 2.31. The average molecular weight is 264 g/mol. The third-order valence-corrected chi connectivity index (χ3v) is 2.98. The molecule has 0 unspecified atom stereocenters. The molecule has 0 radical (unpaired) electrons. The number of nitrogens with zero attached hydrogens (tertiary/aromatic N) is 1. The minimum absolute atomic E-state index is 0.473. The van der Waals surface area contributed by atoms with Crippen LogP contribution in [0.1, 0.15) is 5.56 Å². The molecular weight excluding hydrogens is 252 g/mol. The number of hydrogen-bond acceptors (Lipinski definition) is 3. The number of hydrogen-bond donors (Lipinski definition) is 1. The number of amides is 1. The van der Waals surface area contributed by atoms with Crippen LogP contribution in [0.5, 0.6) is 0 Å². The van der Waals surface area contributed by atoms with Gasteiger partial charge in [0.05, 0.1) is 5.39 Å². The van der Waals surface area contributed by atoms with Crippen molar-refractivity contribution in [2.45, 2.75) is 0 Å². The van der Waals surface area contributed by atoms with Crippen molar-refractivity contribution in [3.8, 4) is 11.3 Å². The number of rotatable bonds is 3. The van der Waals surface area contributed by atoms with E-state index < -0.39 is 5.91 Å². The fourth-order valence-corrected chi connectivity index (χ4v) is 2.04. The molecule has 1 heterocycles. The van der Waals surface area contributed by atoms with Gasteiger partial charge in [0.2, 0.25) is 5.91 Å². The van der Waals surface area contributed by atoms with Crippen molar-refractivity contribution in [1.29, 1.82) is 0 Å². The lowest BCUT2D eigenvalue weighted by Crippen LogP contribution is -2.04. The molecule has 0 fully saturated rings. The van der Waals surface area contributed by atoms with Crippen LogP contribution in [0.3, 0.4) is 0 Å². The predicted octanol–water partition coefficient (Wildman–Crippen LogP) is 2.99. The fraction of sp³-hybridized carbons (Fsp3) is 0. The molecule has 98 valence electrons. The van der Waals surface area contributed by atoms with E-state index >= 15 is 0 Å². The van der Waals surface area contributed by atoms with E-state index in [2.05, 4.69) is 5.16 Å². The summed E-state index contributed by atoms with van der Waals surface area (Å²) in [6, 6.07) is 15.4. The van der Waals surface area contributed by atoms with Crippen molar-refractivity contribution in [1.82, 2.24) is 5.16 Å². The molecule has 0 aliphatic heterocycles. The first-order valence-corrected chi connectivity index (χ1v) is 6.16. The minimum atomic E-state index is -0.473. The van der Waals surface area contributed by atoms with Gasteiger partial charge in [-0.2, -0.15) is 0 Å². The highest BCUT2D eigenvalue weighted by Gasteiger charge is 2.10. The first kappa shape index (κ1) is 12.2. The Kier molecular flexibility index (Phi) is 3.05. The van der Waals surface area contributed by atoms with Gasteiger partial charge in [0.25, 0.3) is 0 Å². The van der Waals surface area contributed by atoms with Crippen LogP contribution < -0.4 is 5.73 Å². The molecule has 2 aromatic carbocycles. The number of carbonyl (C=O) groups is 1. The molecule has 20 heavy (non-hydrogen) atoms. The lowest BCUT2D eigenvalue weighted by atomic mass is 10.1. The van der Waals surface area contributed by atoms with Crippen molar-refractivity contribution in [2.24, 2.45) is 5.73 Å². The normalized spacial score (nSPS) is 11.2. The average Bonchev–Trinajstić information content (AvgIpc) is 2.89. The van der Waals surface area contributed by atoms with E-state index in [0.29, 0.717) is 0 Å². The highest BCUT2D eigenvalue weighted by molar-refractivity contribution is 5.94. The second kappa shape index (κ2) is 5.01. The second-order valence-corrected chi connectivity index (χ2v) is 4.39. The molecule has 0 spiro atoms. The highest BCUT2D eigenvalue weighted by atomic mass is 16.5. The molecular formula is C16H12N2O2. The van der Waals surface area contributed by atoms with Crippen molar-refractivity contribution >= 4 is 22.9 Å². The maximum Gasteiger partial charge on any atom is 0.241 e. The molecule has 1 amide bonds. The van der Waals surface area contributed by atoms with Gasteiger partial charge in [0.15, 0.2) is 5.76 Å². The van der Waals surface area contributed by atoms with Gasteiger partial charge in [-0.15, -0.1) is 0 Å². The molecule has 0 atom stereocenters. The third-order valence-electron chi connectivity index (χ3n) is 2.98. The Labute approximate surface area is 115 Å². The summed E-state index contributed by atoms with van der Waals surface area (Å²) >= 11 is 0. The van der Waals surface area contributed by atoms with Gasteiger partial charge in [-0.3, -0.25) is 4.79 Å². The van der Waals surface area contributed by atoms with E-state index in [9.17, 15) is 4.79 Å². The van der Waals surface area contributed by atoms with Crippen LogP contribution in [-0.4, -0.2) is 11.1 Å². The predicted molar refractivity (Wildman–Crippen MR) is 77.7 cm³/mol. The van der Waals surface area contributed by atoms with Gasteiger partial charge < -0.3 is 10.3 Å². The SMILES string of the molecule is NC(=O)/C=C\c1ccc2noc(-c3ccccc3)c2c1. The van der Waals surface area contributed by atoms with Crippen molar-refractivity contribution in [3.05, 3.63) is 60.2 Å². The quantitative estimate of drug-likeness (QED) is 0.739. The van der Waals surface area contributed by atoms with Gasteiger partial charge in [0, 0.05) is 11.6 Å². The Hall–Kier alpha value is -2.88. The molecule has 4 heteroatoms. The summed E-state index contributed by atoms with van der Waals surface area (Å²) in [6.45, 7) is 0. The fourth-order valence-electron chi connectivity index (χ4n) is 2.04. The Morgan fingerprint density at radius 3 is 2.70 bits per heavy atom. The Balaban J connectivity index is 2.11. The van der Waals surface area contributed by atoms with Crippen LogP contribution >= 0.6 is 0 Å². The van der Waals surface area contributed by atoms with Crippen LogP contribution in [0.2, 0.25) is 0 Å². The van der Waals surface area contributed by atoms with Gasteiger partial charge in [0.1, 0.15) is 5.52 Å². The number of nitrogens with two attached hydrogens (primary N) is 1. The van der Waals surface area contributed by atoms with Crippen molar-refractivity contribution < 1.29 is 9.32 Å². The summed E-state index contributed by atoms with van der Waals surface area (Å²) < 4.78 is 5.42. The summed E-state index contributed by atoms with van der Waals surface area (Å²) in [5.74, 6) is 0.244. The van der Waals surface area contributed by atoms with E-state index in [0.717, 1.165) is 27.8 Å². The van der Waals surface area contributed by atoms with Gasteiger partial charge >= 0.3 is 0 Å². The molecule has 3 rings (SSSR count). The van der Waals surface area contributed by atoms with E-state index in [-0.39, 0.29) is 0 Å². The molecule has 0 saturated carbocycles. The molecule has 0 aliphatic carbocycles. The van der Waals surface area contributed by atoms with E-state index in [1.807, 2.05) is 48.5 Å². The summed E-state index contributed by atoms with van der Waals surface area (Å²) in [5.41, 5.74) is 7.71. The largest absolute Gasteiger partial charge is 0.366 e. The maximum absolute atomic E-state index is 10.8. The van der Waals surface area contributed by atoms with E-state index in [1.165, 1.54) is 6.08 Å². The lowest BCUT2D eigenvalue weighted by molar-refractivity contribution is -0.113. The van der Waals surface area contributed by atoms with Crippen molar-refractivity contribution in [2.75, 3.05) is 0 Å². The first-order chi connectivity index (χ1) is 9.74. The van der Waals surface area contributed by atoms with Crippen LogP contribution in [0.25, 0.3) is 28.3 Å². The zero-order valence-corrected chi connectivity index (χ0v) is 10.6. The first-order valence-electron chi connectivity index (χ1n) is 6.16. The summed E-state index contributed by atoms with van der Waals surface area (Å²) in [6.07, 6.45) is 3.00. The zero-order valence-electron chi connectivity index (χ0n) is 10.6. The van der Waals surface area contributed by atoms with Gasteiger partial charge in [-0.1, -0.05) is 41.6 Å². The van der Waals surface area contributed by atoms with Crippen LogP contribution in [0.15, 0.2) is 59.1 Å². The summed E-state index contributed by atoms with van der Waals surface area (Å²) in [5, 5.41) is 4.95. The molecule has 0 bridgehead atoms. The van der Waals surface area contributed by atoms with Crippen LogP contribution in [0.4, 0.5) is 0 Å². The summed E-state index contributed by atoms with van der Waals surface area (Å²) in [4.78, 5) is 10.8. The smallest absolute Gasteiger partial charge is 0.241 e. The van der Waals surface area contributed by atoms with E-state index in [1.54, 1.807) is 6.08 Å². The Bertz CT molecular complexity index is 789.